The molecule has 0 fully saturated rings. The van der Waals surface area contributed by atoms with Gasteiger partial charge in [-0.2, -0.15) is 0 Å². The van der Waals surface area contributed by atoms with Crippen molar-refractivity contribution in [1.82, 2.24) is 4.98 Å². The Hall–Kier alpha value is -2.63. The van der Waals surface area contributed by atoms with E-state index in [1.54, 1.807) is 30.5 Å². The minimum absolute atomic E-state index is 0.347. The molecule has 7 heteroatoms. The number of anilines is 3. The van der Waals surface area contributed by atoms with Crippen molar-refractivity contribution < 1.29 is 9.18 Å². The molecule has 0 atom stereocenters. The van der Waals surface area contributed by atoms with Crippen LogP contribution in [-0.2, 0) is 0 Å². The molecule has 1 amide bonds. The molecular formula is C18H12Cl2FN3O. The zero-order chi connectivity index (χ0) is 17.8. The van der Waals surface area contributed by atoms with Crippen molar-refractivity contribution in [2.45, 2.75) is 0 Å². The molecule has 0 aliphatic carbocycles. The highest BCUT2D eigenvalue weighted by atomic mass is 35.5. The van der Waals surface area contributed by atoms with Crippen molar-refractivity contribution >= 4 is 46.2 Å². The van der Waals surface area contributed by atoms with Gasteiger partial charge in [0.2, 0.25) is 0 Å². The van der Waals surface area contributed by atoms with Crippen molar-refractivity contribution in [2.75, 3.05) is 10.6 Å². The predicted molar refractivity (Wildman–Crippen MR) is 98.3 cm³/mol. The zero-order valence-electron chi connectivity index (χ0n) is 12.8. The summed E-state index contributed by atoms with van der Waals surface area (Å²) in [5.74, 6) is -0.726. The number of hydrogen-bond donors (Lipinski definition) is 2. The van der Waals surface area contributed by atoms with E-state index in [0.717, 1.165) is 0 Å². The number of pyridine rings is 1. The molecule has 0 radical (unpaired) electrons. The van der Waals surface area contributed by atoms with E-state index in [4.69, 9.17) is 23.2 Å². The molecule has 0 aliphatic rings. The smallest absolute Gasteiger partial charge is 0.257 e. The van der Waals surface area contributed by atoms with Gasteiger partial charge in [-0.1, -0.05) is 23.2 Å². The second kappa shape index (κ2) is 7.51. The van der Waals surface area contributed by atoms with Gasteiger partial charge in [0, 0.05) is 16.9 Å². The molecule has 0 unspecified atom stereocenters. The second-order valence-electron chi connectivity index (χ2n) is 5.17. The maximum absolute atomic E-state index is 12.9. The minimum atomic E-state index is -0.370. The average molecular weight is 376 g/mol. The first kappa shape index (κ1) is 17.2. The largest absolute Gasteiger partial charge is 0.353 e. The number of nitrogens with one attached hydrogen (secondary N) is 2. The topological polar surface area (TPSA) is 54.0 Å². The van der Waals surface area contributed by atoms with Crippen molar-refractivity contribution in [3.8, 4) is 0 Å². The third-order valence-corrected chi connectivity index (χ3v) is 3.86. The number of aromatic nitrogens is 1. The maximum atomic E-state index is 12.9. The van der Waals surface area contributed by atoms with E-state index in [2.05, 4.69) is 15.6 Å². The Morgan fingerprint density at radius 2 is 1.72 bits per heavy atom. The van der Waals surface area contributed by atoms with Gasteiger partial charge < -0.3 is 10.6 Å². The lowest BCUT2D eigenvalue weighted by Crippen LogP contribution is -2.12. The van der Waals surface area contributed by atoms with E-state index in [1.807, 2.05) is 0 Å². The molecule has 0 aliphatic heterocycles. The third-order valence-electron chi connectivity index (χ3n) is 3.31. The number of carbonyl (C=O) groups excluding carboxylic acids is 1. The average Bonchev–Trinajstić information content (AvgIpc) is 2.60. The molecule has 2 aromatic carbocycles. The van der Waals surface area contributed by atoms with Crippen LogP contribution in [0.4, 0.5) is 21.5 Å². The van der Waals surface area contributed by atoms with E-state index in [1.165, 1.54) is 30.5 Å². The van der Waals surface area contributed by atoms with Crippen molar-refractivity contribution in [3.63, 3.8) is 0 Å². The van der Waals surface area contributed by atoms with Crippen molar-refractivity contribution in [3.05, 3.63) is 82.4 Å². The first-order valence-corrected chi connectivity index (χ1v) is 8.01. The summed E-state index contributed by atoms with van der Waals surface area (Å²) in [6.07, 6.45) is 3.01. The van der Waals surface area contributed by atoms with Gasteiger partial charge in [-0.25, -0.2) is 4.39 Å². The fraction of sp³-hybridized carbons (Fsp3) is 0. The summed E-state index contributed by atoms with van der Waals surface area (Å²) in [4.78, 5) is 16.4. The summed E-state index contributed by atoms with van der Waals surface area (Å²) in [6.45, 7) is 0. The molecule has 0 bridgehead atoms. The minimum Gasteiger partial charge on any atom is -0.353 e. The molecule has 3 rings (SSSR count). The fourth-order valence-electron chi connectivity index (χ4n) is 2.12. The maximum Gasteiger partial charge on any atom is 0.257 e. The number of amides is 1. The molecule has 4 nitrogen and oxygen atoms in total. The van der Waals surface area contributed by atoms with E-state index in [0.29, 0.717) is 32.7 Å². The monoisotopic (exact) mass is 375 g/mol. The molecule has 2 N–H and O–H groups in total. The van der Waals surface area contributed by atoms with Crippen LogP contribution in [0.15, 0.2) is 60.9 Å². The number of benzene rings is 2. The van der Waals surface area contributed by atoms with Gasteiger partial charge in [0.15, 0.2) is 0 Å². The highest BCUT2D eigenvalue weighted by Gasteiger charge is 2.09. The molecule has 25 heavy (non-hydrogen) atoms. The Bertz CT molecular complexity index is 916. The SMILES string of the molecule is O=C(Nc1ccc(F)cc1)c1cncc(Nc2ccc(Cl)cc2Cl)c1. The number of halogens is 3. The predicted octanol–water partition coefficient (Wildman–Crippen LogP) is 5.52. The van der Waals surface area contributed by atoms with Crippen LogP contribution in [-0.4, -0.2) is 10.9 Å². The van der Waals surface area contributed by atoms with Crippen LogP contribution in [0.25, 0.3) is 0 Å². The zero-order valence-corrected chi connectivity index (χ0v) is 14.3. The Kier molecular flexibility index (Phi) is 5.16. The molecule has 3 aromatic rings. The molecule has 0 spiro atoms. The van der Waals surface area contributed by atoms with Crippen LogP contribution >= 0.6 is 23.2 Å². The summed E-state index contributed by atoms with van der Waals surface area (Å²) in [5, 5.41) is 6.74. The quantitative estimate of drug-likeness (QED) is 0.630. The molecule has 126 valence electrons. The Morgan fingerprint density at radius 1 is 0.960 bits per heavy atom. The fourth-order valence-corrected chi connectivity index (χ4v) is 2.57. The van der Waals surface area contributed by atoms with Gasteiger partial charge >= 0.3 is 0 Å². The summed E-state index contributed by atoms with van der Waals surface area (Å²) < 4.78 is 12.9. The van der Waals surface area contributed by atoms with E-state index in [9.17, 15) is 9.18 Å². The highest BCUT2D eigenvalue weighted by Crippen LogP contribution is 2.28. The number of hydrogen-bond acceptors (Lipinski definition) is 3. The Morgan fingerprint density at radius 3 is 2.44 bits per heavy atom. The molecule has 0 saturated carbocycles. The lowest BCUT2D eigenvalue weighted by molar-refractivity contribution is 0.102. The molecule has 0 saturated heterocycles. The van der Waals surface area contributed by atoms with Crippen LogP contribution in [0.1, 0.15) is 10.4 Å². The molecule has 1 aromatic heterocycles. The summed E-state index contributed by atoms with van der Waals surface area (Å²) >= 11 is 12.0. The van der Waals surface area contributed by atoms with Crippen LogP contribution in [0.2, 0.25) is 10.0 Å². The van der Waals surface area contributed by atoms with Crippen LogP contribution in [0, 0.1) is 5.82 Å². The van der Waals surface area contributed by atoms with Crippen LogP contribution < -0.4 is 10.6 Å². The third kappa shape index (κ3) is 4.47. The van der Waals surface area contributed by atoms with Gasteiger partial charge in [-0.3, -0.25) is 9.78 Å². The van der Waals surface area contributed by atoms with Crippen molar-refractivity contribution in [2.24, 2.45) is 0 Å². The Balaban J connectivity index is 1.76. The van der Waals surface area contributed by atoms with E-state index >= 15 is 0 Å². The van der Waals surface area contributed by atoms with Gasteiger partial charge in [-0.15, -0.1) is 0 Å². The number of rotatable bonds is 4. The highest BCUT2D eigenvalue weighted by molar-refractivity contribution is 6.36. The summed E-state index contributed by atoms with van der Waals surface area (Å²) in [5.41, 5.74) is 2.07. The summed E-state index contributed by atoms with van der Waals surface area (Å²) in [6, 6.07) is 12.2. The van der Waals surface area contributed by atoms with Crippen LogP contribution in [0.3, 0.4) is 0 Å². The summed E-state index contributed by atoms with van der Waals surface area (Å²) in [7, 11) is 0. The number of carbonyl (C=O) groups is 1. The lowest BCUT2D eigenvalue weighted by Gasteiger charge is -2.10. The lowest BCUT2D eigenvalue weighted by atomic mass is 10.2. The normalized spacial score (nSPS) is 10.4. The van der Waals surface area contributed by atoms with Gasteiger partial charge in [0.05, 0.1) is 28.2 Å². The Labute approximate surface area is 153 Å². The van der Waals surface area contributed by atoms with Crippen molar-refractivity contribution in [1.29, 1.82) is 0 Å². The second-order valence-corrected chi connectivity index (χ2v) is 6.02. The molecular weight excluding hydrogens is 364 g/mol. The van der Waals surface area contributed by atoms with Gasteiger partial charge in [0.25, 0.3) is 5.91 Å². The number of nitrogens with zero attached hydrogens (tertiary/aromatic N) is 1. The van der Waals surface area contributed by atoms with E-state index < -0.39 is 0 Å². The first-order chi connectivity index (χ1) is 12.0. The van der Waals surface area contributed by atoms with Gasteiger partial charge in [-0.05, 0) is 48.5 Å². The standard InChI is InChI=1S/C18H12Cl2FN3O/c19-12-1-6-17(16(20)8-12)23-15-7-11(9-22-10-15)18(25)24-14-4-2-13(21)3-5-14/h1-10,23H,(H,24,25). The van der Waals surface area contributed by atoms with Gasteiger partial charge in [0.1, 0.15) is 5.82 Å². The van der Waals surface area contributed by atoms with Crippen LogP contribution in [0.5, 0.6) is 0 Å². The molecule has 1 heterocycles. The van der Waals surface area contributed by atoms with E-state index in [-0.39, 0.29) is 11.7 Å². The first-order valence-electron chi connectivity index (χ1n) is 7.25.